The number of nitrogens with two attached hydrogens (primary N) is 1. The van der Waals surface area contributed by atoms with E-state index in [4.69, 9.17) is 17.3 Å². The predicted molar refractivity (Wildman–Crippen MR) is 46.3 cm³/mol. The largest absolute Gasteiger partial charge is 0.419 e. The minimum Gasteiger partial charge on any atom is -0.398 e. The maximum Gasteiger partial charge on any atom is 0.419 e. The minimum absolute atomic E-state index is 0.229. The van der Waals surface area contributed by atoms with Crippen molar-refractivity contribution < 1.29 is 18.0 Å². The Balaban J connectivity index is 3.48. The molecule has 0 heterocycles. The van der Waals surface area contributed by atoms with Crippen LogP contribution in [0, 0.1) is 0 Å². The summed E-state index contributed by atoms with van der Waals surface area (Å²) < 4.78 is 37.0. The van der Waals surface area contributed by atoms with Gasteiger partial charge in [-0.2, -0.15) is 13.2 Å². The van der Waals surface area contributed by atoms with E-state index in [-0.39, 0.29) is 11.8 Å². The molecule has 76 valence electrons. The third kappa shape index (κ3) is 1.82. The van der Waals surface area contributed by atoms with Crippen LogP contribution in [0.1, 0.15) is 15.9 Å². The Hall–Kier alpha value is -1.23. The van der Waals surface area contributed by atoms with Crippen LogP contribution in [-0.4, -0.2) is 6.29 Å². The van der Waals surface area contributed by atoms with Crippen LogP contribution in [0.2, 0.25) is 5.02 Å². The maximum atomic E-state index is 12.3. The molecule has 0 fully saturated rings. The molecule has 0 amide bonds. The number of anilines is 1. The van der Waals surface area contributed by atoms with Gasteiger partial charge in [0.1, 0.15) is 0 Å². The lowest BCUT2D eigenvalue weighted by Crippen LogP contribution is -2.10. The van der Waals surface area contributed by atoms with Crippen molar-refractivity contribution in [3.05, 3.63) is 28.3 Å². The van der Waals surface area contributed by atoms with Gasteiger partial charge in [-0.15, -0.1) is 0 Å². The van der Waals surface area contributed by atoms with Gasteiger partial charge in [-0.25, -0.2) is 0 Å². The molecule has 2 N–H and O–H groups in total. The highest BCUT2D eigenvalue weighted by Crippen LogP contribution is 2.39. The Kier molecular flexibility index (Phi) is 2.71. The average Bonchev–Trinajstić information content (AvgIpc) is 2.02. The van der Waals surface area contributed by atoms with Crippen LogP contribution in [0.5, 0.6) is 0 Å². The first-order chi connectivity index (χ1) is 6.38. The van der Waals surface area contributed by atoms with Crippen LogP contribution in [0.15, 0.2) is 12.1 Å². The predicted octanol–water partition coefficient (Wildman–Crippen LogP) is 2.75. The fourth-order valence-corrected chi connectivity index (χ4v) is 1.31. The van der Waals surface area contributed by atoms with Crippen molar-refractivity contribution in [3.63, 3.8) is 0 Å². The molecule has 0 aliphatic carbocycles. The van der Waals surface area contributed by atoms with Crippen molar-refractivity contribution >= 4 is 23.6 Å². The summed E-state index contributed by atoms with van der Waals surface area (Å²) in [7, 11) is 0. The molecule has 0 radical (unpaired) electrons. The second kappa shape index (κ2) is 3.49. The summed E-state index contributed by atoms with van der Waals surface area (Å²) in [6.07, 6.45) is -4.41. The van der Waals surface area contributed by atoms with Gasteiger partial charge in [0.25, 0.3) is 0 Å². The quantitative estimate of drug-likeness (QED) is 0.588. The Labute approximate surface area is 82.5 Å². The van der Waals surface area contributed by atoms with Crippen molar-refractivity contribution in [3.8, 4) is 0 Å². The molecular formula is C8H5ClF3NO. The number of hydrogen-bond donors (Lipinski definition) is 1. The van der Waals surface area contributed by atoms with Gasteiger partial charge in [-0.05, 0) is 12.1 Å². The van der Waals surface area contributed by atoms with Gasteiger partial charge in [0.15, 0.2) is 6.29 Å². The van der Waals surface area contributed by atoms with E-state index in [9.17, 15) is 18.0 Å². The molecule has 1 aromatic carbocycles. The van der Waals surface area contributed by atoms with Crippen molar-refractivity contribution in [2.24, 2.45) is 0 Å². The van der Waals surface area contributed by atoms with Gasteiger partial charge in [0.2, 0.25) is 0 Å². The standard InChI is InChI=1S/C8H5ClF3NO/c9-7-4(3-14)1-2-5(13)6(7)8(10,11)12/h1-3H,13H2. The molecule has 0 spiro atoms. The highest BCUT2D eigenvalue weighted by atomic mass is 35.5. The summed E-state index contributed by atoms with van der Waals surface area (Å²) in [6.45, 7) is 0. The fraction of sp³-hybridized carbons (Fsp3) is 0.125. The number of halogens is 4. The number of hydrogen-bond acceptors (Lipinski definition) is 2. The second-order valence-corrected chi connectivity index (χ2v) is 2.93. The highest BCUT2D eigenvalue weighted by molar-refractivity contribution is 6.34. The summed E-state index contributed by atoms with van der Waals surface area (Å²) in [6, 6.07) is 2.14. The molecule has 0 aromatic heterocycles. The third-order valence-corrected chi connectivity index (χ3v) is 2.02. The average molecular weight is 224 g/mol. The first-order valence-corrected chi connectivity index (χ1v) is 3.86. The molecular weight excluding hydrogens is 219 g/mol. The monoisotopic (exact) mass is 223 g/mol. The zero-order valence-corrected chi connectivity index (χ0v) is 7.49. The van der Waals surface area contributed by atoms with E-state index in [0.29, 0.717) is 0 Å². The maximum absolute atomic E-state index is 12.3. The first-order valence-electron chi connectivity index (χ1n) is 3.48. The lowest BCUT2D eigenvalue weighted by molar-refractivity contribution is -0.136. The van der Waals surface area contributed by atoms with Crippen molar-refractivity contribution in [1.82, 2.24) is 0 Å². The molecule has 14 heavy (non-hydrogen) atoms. The van der Waals surface area contributed by atoms with E-state index in [0.717, 1.165) is 12.1 Å². The van der Waals surface area contributed by atoms with Crippen LogP contribution in [-0.2, 0) is 6.18 Å². The molecule has 0 atom stereocenters. The van der Waals surface area contributed by atoms with E-state index < -0.39 is 22.4 Å². The number of aldehydes is 1. The lowest BCUT2D eigenvalue weighted by Gasteiger charge is -2.12. The second-order valence-electron chi connectivity index (χ2n) is 2.55. The molecule has 1 rings (SSSR count). The number of carbonyl (C=O) groups excluding carboxylic acids is 1. The molecule has 0 aliphatic rings. The van der Waals surface area contributed by atoms with E-state index in [1.165, 1.54) is 0 Å². The minimum atomic E-state index is -4.65. The number of rotatable bonds is 1. The van der Waals surface area contributed by atoms with Gasteiger partial charge in [0, 0.05) is 11.3 Å². The van der Waals surface area contributed by atoms with Crippen LogP contribution in [0.3, 0.4) is 0 Å². The van der Waals surface area contributed by atoms with Crippen LogP contribution < -0.4 is 5.73 Å². The van der Waals surface area contributed by atoms with Crippen LogP contribution in [0.25, 0.3) is 0 Å². The topological polar surface area (TPSA) is 43.1 Å². The Morgan fingerprint density at radius 2 is 1.93 bits per heavy atom. The number of carbonyl (C=O) groups is 1. The summed E-state index contributed by atoms with van der Waals surface area (Å²) in [4.78, 5) is 10.3. The van der Waals surface area contributed by atoms with E-state index in [2.05, 4.69) is 0 Å². The summed E-state index contributed by atoms with van der Waals surface area (Å²) >= 11 is 5.37. The Morgan fingerprint density at radius 3 is 2.36 bits per heavy atom. The molecule has 0 bridgehead atoms. The highest BCUT2D eigenvalue weighted by Gasteiger charge is 2.36. The summed E-state index contributed by atoms with van der Waals surface area (Å²) in [5, 5.41) is -0.660. The molecule has 2 nitrogen and oxygen atoms in total. The molecule has 0 saturated heterocycles. The van der Waals surface area contributed by atoms with E-state index in [1.807, 2.05) is 0 Å². The van der Waals surface area contributed by atoms with Gasteiger partial charge in [-0.1, -0.05) is 11.6 Å². The van der Waals surface area contributed by atoms with Crippen LogP contribution in [0.4, 0.5) is 18.9 Å². The fourth-order valence-electron chi connectivity index (χ4n) is 0.986. The number of nitrogen functional groups attached to an aromatic ring is 1. The lowest BCUT2D eigenvalue weighted by atomic mass is 10.1. The summed E-state index contributed by atoms with van der Waals surface area (Å²) in [5.41, 5.74) is 3.23. The van der Waals surface area contributed by atoms with Gasteiger partial charge >= 0.3 is 6.18 Å². The molecule has 6 heteroatoms. The third-order valence-electron chi connectivity index (χ3n) is 1.61. The smallest absolute Gasteiger partial charge is 0.398 e. The Morgan fingerprint density at radius 1 is 1.36 bits per heavy atom. The van der Waals surface area contributed by atoms with Crippen LogP contribution >= 0.6 is 11.6 Å². The van der Waals surface area contributed by atoms with Gasteiger partial charge < -0.3 is 5.73 Å². The van der Waals surface area contributed by atoms with Crippen molar-refractivity contribution in [1.29, 1.82) is 0 Å². The Bertz CT molecular complexity index is 376. The molecule has 0 saturated carbocycles. The number of benzene rings is 1. The van der Waals surface area contributed by atoms with Crippen molar-refractivity contribution in [2.45, 2.75) is 6.18 Å². The molecule has 0 aliphatic heterocycles. The SMILES string of the molecule is Nc1ccc(C=O)c(Cl)c1C(F)(F)F. The van der Waals surface area contributed by atoms with Crippen molar-refractivity contribution in [2.75, 3.05) is 5.73 Å². The normalized spacial score (nSPS) is 11.4. The summed E-state index contributed by atoms with van der Waals surface area (Å²) in [5.74, 6) is 0. The molecule has 0 unspecified atom stereocenters. The van der Waals surface area contributed by atoms with E-state index >= 15 is 0 Å². The van der Waals surface area contributed by atoms with Gasteiger partial charge in [0.05, 0.1) is 10.6 Å². The first kappa shape index (κ1) is 10.8. The molecule has 1 aromatic rings. The van der Waals surface area contributed by atoms with Gasteiger partial charge in [-0.3, -0.25) is 4.79 Å². The van der Waals surface area contributed by atoms with E-state index in [1.54, 1.807) is 0 Å². The number of alkyl halides is 3. The zero-order chi connectivity index (χ0) is 10.9. The zero-order valence-electron chi connectivity index (χ0n) is 6.73.